The number of amides is 1. The zero-order valence-corrected chi connectivity index (χ0v) is 20.6. The molecule has 0 spiro atoms. The average molecular weight is 482 g/mol. The summed E-state index contributed by atoms with van der Waals surface area (Å²) in [7, 11) is 0.349. The van der Waals surface area contributed by atoms with Gasteiger partial charge in [-0.15, -0.1) is 12.4 Å². The Kier molecular flexibility index (Phi) is 8.59. The minimum atomic E-state index is -3.52. The van der Waals surface area contributed by atoms with E-state index in [2.05, 4.69) is 4.98 Å². The zero-order chi connectivity index (χ0) is 21.9. The van der Waals surface area contributed by atoms with Gasteiger partial charge in [-0.05, 0) is 57.8 Å². The van der Waals surface area contributed by atoms with Crippen LogP contribution in [0.3, 0.4) is 0 Å². The monoisotopic (exact) mass is 481 g/mol. The normalized spacial score (nSPS) is 11.5. The van der Waals surface area contributed by atoms with Gasteiger partial charge in [0, 0.05) is 19.5 Å². The molecule has 0 saturated carbocycles. The minimum Gasteiger partial charge on any atom is -0.308 e. The second kappa shape index (κ2) is 10.5. The Morgan fingerprint density at radius 3 is 2.29 bits per heavy atom. The topological polar surface area (TPSA) is 70.6 Å². The molecule has 0 fully saturated rings. The molecule has 3 rings (SSSR count). The van der Waals surface area contributed by atoms with Crippen molar-refractivity contribution in [3.63, 3.8) is 0 Å². The number of anilines is 1. The molecule has 0 unspecified atom stereocenters. The van der Waals surface area contributed by atoms with Crippen molar-refractivity contribution in [2.45, 2.75) is 25.2 Å². The SMILES string of the molecule is Cc1ccc(S(=O)(=O)CCC(=O)N(CCN(C)C)c2nc3ccc(C)cc3s2)cc1.Cl. The van der Waals surface area contributed by atoms with Gasteiger partial charge < -0.3 is 4.90 Å². The summed E-state index contributed by atoms with van der Waals surface area (Å²) in [4.78, 5) is 21.5. The van der Waals surface area contributed by atoms with Crippen molar-refractivity contribution in [2.24, 2.45) is 0 Å². The summed E-state index contributed by atoms with van der Waals surface area (Å²) < 4.78 is 26.3. The fourth-order valence-electron chi connectivity index (χ4n) is 2.98. The number of fused-ring (bicyclic) bond motifs is 1. The molecular formula is C22H28ClN3O3S2. The number of hydrogen-bond donors (Lipinski definition) is 0. The van der Waals surface area contributed by atoms with Crippen molar-refractivity contribution < 1.29 is 13.2 Å². The highest BCUT2D eigenvalue weighted by Crippen LogP contribution is 2.30. The largest absolute Gasteiger partial charge is 0.308 e. The highest BCUT2D eigenvalue weighted by atomic mass is 35.5. The van der Waals surface area contributed by atoms with E-state index in [0.29, 0.717) is 18.2 Å². The number of nitrogens with zero attached hydrogens (tertiary/aromatic N) is 3. The standard InChI is InChI=1S/C22H27N3O3S2.ClH/c1-16-5-8-18(9-6-16)30(27,28)14-11-21(26)25(13-12-24(3)4)22-23-19-10-7-17(2)15-20(19)29-22;/h5-10,15H,11-14H2,1-4H3;1H. The molecule has 31 heavy (non-hydrogen) atoms. The van der Waals surface area contributed by atoms with Gasteiger partial charge in [0.1, 0.15) is 0 Å². The average Bonchev–Trinajstić information content (AvgIpc) is 3.09. The number of hydrogen-bond acceptors (Lipinski definition) is 6. The maximum absolute atomic E-state index is 13.0. The predicted octanol–water partition coefficient (Wildman–Crippen LogP) is 4.09. The van der Waals surface area contributed by atoms with Gasteiger partial charge in [0.15, 0.2) is 15.0 Å². The molecular weight excluding hydrogens is 454 g/mol. The third-order valence-corrected chi connectivity index (χ3v) is 7.57. The van der Waals surface area contributed by atoms with Crippen LogP contribution in [0.4, 0.5) is 5.13 Å². The molecule has 1 aromatic heterocycles. The first-order chi connectivity index (χ1) is 14.2. The van der Waals surface area contributed by atoms with Crippen LogP contribution in [-0.2, 0) is 14.6 Å². The summed E-state index contributed by atoms with van der Waals surface area (Å²) in [6.45, 7) is 5.03. The van der Waals surface area contributed by atoms with Gasteiger partial charge in [0.25, 0.3) is 0 Å². The van der Waals surface area contributed by atoms with E-state index in [-0.39, 0.29) is 35.4 Å². The molecule has 0 aliphatic rings. The highest BCUT2D eigenvalue weighted by molar-refractivity contribution is 7.91. The molecule has 0 saturated heterocycles. The number of aryl methyl sites for hydroxylation is 2. The van der Waals surface area contributed by atoms with Crippen molar-refractivity contribution in [1.82, 2.24) is 9.88 Å². The van der Waals surface area contributed by atoms with E-state index in [0.717, 1.165) is 21.3 Å². The predicted molar refractivity (Wildman–Crippen MR) is 130 cm³/mol. The van der Waals surface area contributed by atoms with Gasteiger partial charge in [-0.1, -0.05) is 35.1 Å². The van der Waals surface area contributed by atoms with Crippen molar-refractivity contribution in [3.8, 4) is 0 Å². The molecule has 3 aromatic rings. The maximum Gasteiger partial charge on any atom is 0.229 e. The number of sulfone groups is 1. The Morgan fingerprint density at radius 2 is 1.65 bits per heavy atom. The summed E-state index contributed by atoms with van der Waals surface area (Å²) in [6, 6.07) is 12.7. The van der Waals surface area contributed by atoms with Crippen molar-refractivity contribution in [1.29, 1.82) is 0 Å². The van der Waals surface area contributed by atoms with E-state index >= 15 is 0 Å². The lowest BCUT2D eigenvalue weighted by Gasteiger charge is -2.22. The fraction of sp³-hybridized carbons (Fsp3) is 0.364. The molecule has 0 N–H and O–H groups in total. The zero-order valence-electron chi connectivity index (χ0n) is 18.2. The van der Waals surface area contributed by atoms with Crippen LogP contribution in [0, 0.1) is 13.8 Å². The van der Waals surface area contributed by atoms with Crippen LogP contribution >= 0.6 is 23.7 Å². The first-order valence-electron chi connectivity index (χ1n) is 9.77. The number of aromatic nitrogens is 1. The van der Waals surface area contributed by atoms with Crippen LogP contribution in [0.5, 0.6) is 0 Å². The molecule has 168 valence electrons. The molecule has 0 atom stereocenters. The molecule has 0 aliphatic heterocycles. The Morgan fingerprint density at radius 1 is 1.00 bits per heavy atom. The number of likely N-dealkylation sites (N-methyl/N-ethyl adjacent to an activating group) is 1. The lowest BCUT2D eigenvalue weighted by molar-refractivity contribution is -0.118. The van der Waals surface area contributed by atoms with Crippen LogP contribution in [0.1, 0.15) is 17.5 Å². The molecule has 0 radical (unpaired) electrons. The minimum absolute atomic E-state index is 0. The van der Waals surface area contributed by atoms with Gasteiger partial charge in [-0.25, -0.2) is 13.4 Å². The summed E-state index contributed by atoms with van der Waals surface area (Å²) >= 11 is 1.46. The quantitative estimate of drug-likeness (QED) is 0.484. The third kappa shape index (κ3) is 6.49. The van der Waals surface area contributed by atoms with Gasteiger partial charge in [0.05, 0.1) is 20.9 Å². The molecule has 6 nitrogen and oxygen atoms in total. The number of halogens is 1. The Labute approximate surface area is 194 Å². The van der Waals surface area contributed by atoms with E-state index in [1.54, 1.807) is 29.2 Å². The van der Waals surface area contributed by atoms with E-state index < -0.39 is 9.84 Å². The summed E-state index contributed by atoms with van der Waals surface area (Å²) in [5.74, 6) is -0.458. The van der Waals surface area contributed by atoms with E-state index in [9.17, 15) is 13.2 Å². The fourth-order valence-corrected chi connectivity index (χ4v) is 5.32. The molecule has 1 amide bonds. The van der Waals surface area contributed by atoms with E-state index in [1.807, 2.05) is 51.0 Å². The van der Waals surface area contributed by atoms with Crippen molar-refractivity contribution in [3.05, 3.63) is 53.6 Å². The Hall–Kier alpha value is -2.00. The number of thiazole rings is 1. The van der Waals surface area contributed by atoms with Crippen LogP contribution in [0.15, 0.2) is 47.4 Å². The first-order valence-corrected chi connectivity index (χ1v) is 12.2. The van der Waals surface area contributed by atoms with Gasteiger partial charge >= 0.3 is 0 Å². The van der Waals surface area contributed by atoms with Crippen molar-refractivity contribution >= 4 is 54.8 Å². The number of carbonyl (C=O) groups excluding carboxylic acids is 1. The van der Waals surface area contributed by atoms with Crippen LogP contribution in [-0.4, -0.2) is 57.1 Å². The maximum atomic E-state index is 13.0. The first kappa shape index (κ1) is 25.3. The Balaban J connectivity index is 0.00000341. The van der Waals surface area contributed by atoms with Crippen molar-refractivity contribution in [2.75, 3.05) is 37.8 Å². The highest BCUT2D eigenvalue weighted by Gasteiger charge is 2.23. The van der Waals surface area contributed by atoms with Gasteiger partial charge in [-0.3, -0.25) is 9.69 Å². The lowest BCUT2D eigenvalue weighted by Crippen LogP contribution is -2.37. The summed E-state index contributed by atoms with van der Waals surface area (Å²) in [5, 5.41) is 0.607. The summed E-state index contributed by atoms with van der Waals surface area (Å²) in [5.41, 5.74) is 2.97. The van der Waals surface area contributed by atoms with E-state index in [4.69, 9.17) is 0 Å². The van der Waals surface area contributed by atoms with Gasteiger partial charge in [-0.2, -0.15) is 0 Å². The molecule has 2 aromatic carbocycles. The number of carbonyl (C=O) groups is 1. The number of rotatable bonds is 8. The Bertz CT molecular complexity index is 1140. The molecule has 1 heterocycles. The van der Waals surface area contributed by atoms with E-state index in [1.165, 1.54) is 11.3 Å². The van der Waals surface area contributed by atoms with Crippen LogP contribution in [0.25, 0.3) is 10.2 Å². The lowest BCUT2D eigenvalue weighted by atomic mass is 10.2. The van der Waals surface area contributed by atoms with Gasteiger partial charge in [0.2, 0.25) is 5.91 Å². The van der Waals surface area contributed by atoms with Crippen LogP contribution in [0.2, 0.25) is 0 Å². The molecule has 0 bridgehead atoms. The third-order valence-electron chi connectivity index (χ3n) is 4.80. The smallest absolute Gasteiger partial charge is 0.229 e. The molecule has 0 aliphatic carbocycles. The van der Waals surface area contributed by atoms with Crippen LogP contribution < -0.4 is 4.90 Å². The second-order valence-electron chi connectivity index (χ2n) is 7.70. The molecule has 9 heteroatoms. The second-order valence-corrected chi connectivity index (χ2v) is 10.8. The summed E-state index contributed by atoms with van der Waals surface area (Å²) in [6.07, 6.45) is -0.0847. The number of benzene rings is 2.